The lowest BCUT2D eigenvalue weighted by molar-refractivity contribution is 0.724. The van der Waals surface area contributed by atoms with Gasteiger partial charge in [0.1, 0.15) is 0 Å². The molecule has 6 heteroatoms. The molecule has 0 saturated carbocycles. The molecule has 20 heavy (non-hydrogen) atoms. The summed E-state index contributed by atoms with van der Waals surface area (Å²) in [4.78, 5) is 12.7. The first-order valence-corrected chi connectivity index (χ1v) is 6.57. The quantitative estimate of drug-likeness (QED) is 0.760. The van der Waals surface area contributed by atoms with Crippen LogP contribution in [0, 0.1) is 0 Å². The second-order valence-corrected chi connectivity index (χ2v) is 5.04. The van der Waals surface area contributed by atoms with E-state index in [-0.39, 0.29) is 11.6 Å². The zero-order valence-electron chi connectivity index (χ0n) is 10.8. The van der Waals surface area contributed by atoms with E-state index in [1.54, 1.807) is 30.5 Å². The third kappa shape index (κ3) is 1.92. The van der Waals surface area contributed by atoms with Gasteiger partial charge in [-0.05, 0) is 25.1 Å². The molecular weight excluding hydrogens is 276 g/mol. The van der Waals surface area contributed by atoms with Gasteiger partial charge in [-0.15, -0.1) is 0 Å². The maximum atomic E-state index is 12.7. The molecule has 3 aromatic rings. The number of halogens is 1. The largest absolute Gasteiger partial charge is 0.323 e. The van der Waals surface area contributed by atoms with E-state index in [9.17, 15) is 4.79 Å². The fourth-order valence-electron chi connectivity index (χ4n) is 2.27. The minimum atomic E-state index is -0.319. The minimum Gasteiger partial charge on any atom is -0.323 e. The predicted octanol–water partition coefficient (Wildman–Crippen LogP) is 2.39. The van der Waals surface area contributed by atoms with Crippen molar-refractivity contribution in [2.24, 2.45) is 5.73 Å². The number of pyridine rings is 1. The first-order chi connectivity index (χ1) is 9.59. The van der Waals surface area contributed by atoms with Crippen LogP contribution < -0.4 is 11.3 Å². The maximum absolute atomic E-state index is 12.7. The van der Waals surface area contributed by atoms with E-state index in [4.69, 9.17) is 17.3 Å². The Morgan fingerprint density at radius 1 is 1.35 bits per heavy atom. The minimum absolute atomic E-state index is 0.176. The lowest BCUT2D eigenvalue weighted by atomic mass is 10.1. The van der Waals surface area contributed by atoms with Crippen molar-refractivity contribution in [2.45, 2.75) is 13.0 Å². The highest BCUT2D eigenvalue weighted by molar-refractivity contribution is 6.35. The first kappa shape index (κ1) is 12.9. The lowest BCUT2D eigenvalue weighted by Crippen LogP contribution is -2.26. The van der Waals surface area contributed by atoms with E-state index < -0.39 is 0 Å². The molecule has 2 heterocycles. The second-order valence-electron chi connectivity index (χ2n) is 4.63. The standard InChI is InChI=1S/C14H13ClN4O/c1-8(16)12-7-10-9(3-2-4-11(10)15)14(20)19(12)13-5-6-17-18-13/h2-8H,16H2,1H3,(H,17,18)/t8-/m0/s1. The molecule has 0 spiro atoms. The molecule has 0 radical (unpaired) electrons. The van der Waals surface area contributed by atoms with Gasteiger partial charge in [-0.1, -0.05) is 17.7 Å². The van der Waals surface area contributed by atoms with Gasteiger partial charge in [0, 0.05) is 39.8 Å². The van der Waals surface area contributed by atoms with Gasteiger partial charge >= 0.3 is 0 Å². The van der Waals surface area contributed by atoms with Crippen LogP contribution in [0.2, 0.25) is 5.02 Å². The van der Waals surface area contributed by atoms with Crippen molar-refractivity contribution in [3.63, 3.8) is 0 Å². The van der Waals surface area contributed by atoms with E-state index in [1.165, 1.54) is 4.57 Å². The zero-order chi connectivity index (χ0) is 14.3. The zero-order valence-corrected chi connectivity index (χ0v) is 11.6. The van der Waals surface area contributed by atoms with Crippen LogP contribution in [0.15, 0.2) is 41.3 Å². The summed E-state index contributed by atoms with van der Waals surface area (Å²) >= 11 is 6.17. The highest BCUT2D eigenvalue weighted by Gasteiger charge is 2.16. The predicted molar refractivity (Wildman–Crippen MR) is 79.3 cm³/mol. The molecule has 1 aromatic carbocycles. The number of hydrogen-bond acceptors (Lipinski definition) is 3. The monoisotopic (exact) mass is 288 g/mol. The fourth-order valence-corrected chi connectivity index (χ4v) is 2.50. The summed E-state index contributed by atoms with van der Waals surface area (Å²) in [7, 11) is 0. The van der Waals surface area contributed by atoms with Gasteiger partial charge in [0.05, 0.1) is 0 Å². The summed E-state index contributed by atoms with van der Waals surface area (Å²) < 4.78 is 1.51. The van der Waals surface area contributed by atoms with Crippen molar-refractivity contribution in [3.8, 4) is 5.82 Å². The molecule has 5 nitrogen and oxygen atoms in total. The molecule has 0 saturated heterocycles. The van der Waals surface area contributed by atoms with E-state index in [0.717, 1.165) is 0 Å². The molecular formula is C14H13ClN4O. The molecule has 0 aliphatic rings. The van der Waals surface area contributed by atoms with Crippen LogP contribution in [-0.2, 0) is 0 Å². The summed E-state index contributed by atoms with van der Waals surface area (Å²) in [5, 5.41) is 8.56. The summed E-state index contributed by atoms with van der Waals surface area (Å²) in [5.74, 6) is 0.518. The summed E-state index contributed by atoms with van der Waals surface area (Å²) in [6, 6.07) is 8.51. The number of nitrogens with one attached hydrogen (secondary N) is 1. The van der Waals surface area contributed by atoms with E-state index in [0.29, 0.717) is 27.3 Å². The van der Waals surface area contributed by atoms with Crippen molar-refractivity contribution >= 4 is 22.4 Å². The Hall–Kier alpha value is -2.11. The average molecular weight is 289 g/mol. The molecule has 0 fully saturated rings. The molecule has 3 rings (SSSR count). The number of fused-ring (bicyclic) bond motifs is 1. The Morgan fingerprint density at radius 3 is 2.80 bits per heavy atom. The second kappa shape index (κ2) is 4.77. The maximum Gasteiger partial charge on any atom is 0.264 e. The molecule has 102 valence electrons. The van der Waals surface area contributed by atoms with Gasteiger partial charge in [-0.3, -0.25) is 14.5 Å². The van der Waals surface area contributed by atoms with Gasteiger partial charge in [-0.2, -0.15) is 5.10 Å². The summed E-state index contributed by atoms with van der Waals surface area (Å²) in [5.41, 5.74) is 6.48. The lowest BCUT2D eigenvalue weighted by Gasteiger charge is -2.15. The van der Waals surface area contributed by atoms with Crippen molar-refractivity contribution < 1.29 is 0 Å². The number of aromatic nitrogens is 3. The van der Waals surface area contributed by atoms with Crippen LogP contribution >= 0.6 is 11.6 Å². The number of aromatic amines is 1. The number of H-pyrrole nitrogens is 1. The van der Waals surface area contributed by atoms with E-state index >= 15 is 0 Å². The Bertz CT molecular complexity index is 821. The number of nitrogens with two attached hydrogens (primary N) is 1. The van der Waals surface area contributed by atoms with Crippen LogP contribution in [0.1, 0.15) is 18.7 Å². The third-order valence-electron chi connectivity index (χ3n) is 3.22. The number of nitrogens with zero attached hydrogens (tertiary/aromatic N) is 2. The molecule has 0 bridgehead atoms. The van der Waals surface area contributed by atoms with Crippen LogP contribution in [-0.4, -0.2) is 14.8 Å². The Labute approximate surface area is 120 Å². The number of benzene rings is 1. The Kier molecular flexibility index (Phi) is 3.08. The average Bonchev–Trinajstić information content (AvgIpc) is 2.93. The highest BCUT2D eigenvalue weighted by atomic mass is 35.5. The SMILES string of the molecule is C[C@H](N)c1cc2c(Cl)cccc2c(=O)n1-c1cc[nH]n1. The van der Waals surface area contributed by atoms with Crippen LogP contribution in [0.25, 0.3) is 16.6 Å². The third-order valence-corrected chi connectivity index (χ3v) is 3.55. The van der Waals surface area contributed by atoms with Gasteiger partial charge in [0.15, 0.2) is 5.82 Å². The van der Waals surface area contributed by atoms with Crippen molar-refractivity contribution in [1.82, 2.24) is 14.8 Å². The fraction of sp³-hybridized carbons (Fsp3) is 0.143. The van der Waals surface area contributed by atoms with Crippen LogP contribution in [0.4, 0.5) is 0 Å². The summed E-state index contributed by atoms with van der Waals surface area (Å²) in [6.07, 6.45) is 1.66. The van der Waals surface area contributed by atoms with E-state index in [1.807, 2.05) is 13.0 Å². The van der Waals surface area contributed by atoms with Crippen molar-refractivity contribution in [3.05, 3.63) is 57.6 Å². The molecule has 0 unspecified atom stereocenters. The van der Waals surface area contributed by atoms with Crippen LogP contribution in [0.3, 0.4) is 0 Å². The molecule has 0 aliphatic heterocycles. The Morgan fingerprint density at radius 2 is 2.15 bits per heavy atom. The van der Waals surface area contributed by atoms with Crippen molar-refractivity contribution in [1.29, 1.82) is 0 Å². The highest BCUT2D eigenvalue weighted by Crippen LogP contribution is 2.24. The van der Waals surface area contributed by atoms with Gasteiger partial charge in [-0.25, -0.2) is 0 Å². The Balaban J connectivity index is 2.47. The smallest absolute Gasteiger partial charge is 0.264 e. The van der Waals surface area contributed by atoms with Gasteiger partial charge in [0.25, 0.3) is 5.56 Å². The van der Waals surface area contributed by atoms with Gasteiger partial charge in [0.2, 0.25) is 0 Å². The van der Waals surface area contributed by atoms with Crippen molar-refractivity contribution in [2.75, 3.05) is 0 Å². The molecule has 0 aliphatic carbocycles. The molecule has 1 atom stereocenters. The van der Waals surface area contributed by atoms with E-state index in [2.05, 4.69) is 10.2 Å². The van der Waals surface area contributed by atoms with Crippen LogP contribution in [0.5, 0.6) is 0 Å². The molecule has 0 amide bonds. The molecule has 2 aromatic heterocycles. The topological polar surface area (TPSA) is 76.7 Å². The number of rotatable bonds is 2. The molecule has 3 N–H and O–H groups in total. The summed E-state index contributed by atoms with van der Waals surface area (Å²) in [6.45, 7) is 1.82. The number of hydrogen-bond donors (Lipinski definition) is 2. The van der Waals surface area contributed by atoms with Gasteiger partial charge < -0.3 is 5.73 Å². The normalized spacial score (nSPS) is 12.8. The first-order valence-electron chi connectivity index (χ1n) is 6.19.